The molecule has 0 atom stereocenters. The van der Waals surface area contributed by atoms with E-state index < -0.39 is 11.4 Å². The van der Waals surface area contributed by atoms with Gasteiger partial charge in [-0.1, -0.05) is 0 Å². The molecule has 0 N–H and O–H groups in total. The van der Waals surface area contributed by atoms with Gasteiger partial charge in [0.25, 0.3) is 0 Å². The lowest BCUT2D eigenvalue weighted by Gasteiger charge is -2.33. The maximum Gasteiger partial charge on any atom is 0.410 e. The van der Waals surface area contributed by atoms with E-state index in [0.29, 0.717) is 31.0 Å². The Hall–Kier alpha value is -2.50. The summed E-state index contributed by atoms with van der Waals surface area (Å²) in [7, 11) is 0. The predicted octanol–water partition coefficient (Wildman–Crippen LogP) is 5.11. The molecule has 1 aromatic carbocycles. The molecule has 3 rings (SSSR count). The van der Waals surface area contributed by atoms with Crippen LogP contribution in [-0.2, 0) is 4.74 Å². The summed E-state index contributed by atoms with van der Waals surface area (Å²) in [6.07, 6.45) is 2.90. The van der Waals surface area contributed by atoms with E-state index in [1.807, 2.05) is 20.8 Å². The standard InChI is InChI=1S/C21H26FNO4/c1-21(2,3)27-20(24)23-10-8-15(9-11-23)14-26-19-7-6-16(13-17(19)22)18-5-4-12-25-18/h4-7,12-13,15H,8-11,14H2,1-3H3. The third-order valence-electron chi connectivity index (χ3n) is 4.48. The molecule has 27 heavy (non-hydrogen) atoms. The Balaban J connectivity index is 1.48. The molecule has 0 aliphatic carbocycles. The highest BCUT2D eigenvalue weighted by Gasteiger charge is 2.27. The van der Waals surface area contributed by atoms with Gasteiger partial charge in [-0.25, -0.2) is 9.18 Å². The molecule has 0 radical (unpaired) electrons. The zero-order valence-electron chi connectivity index (χ0n) is 16.0. The Labute approximate surface area is 159 Å². The van der Waals surface area contributed by atoms with Gasteiger partial charge < -0.3 is 18.8 Å². The van der Waals surface area contributed by atoms with E-state index in [1.54, 1.807) is 35.4 Å². The molecule has 1 fully saturated rings. The van der Waals surface area contributed by atoms with Crippen molar-refractivity contribution in [2.75, 3.05) is 19.7 Å². The highest BCUT2D eigenvalue weighted by Crippen LogP contribution is 2.27. The van der Waals surface area contributed by atoms with Gasteiger partial charge in [0.05, 0.1) is 12.9 Å². The van der Waals surface area contributed by atoms with Crippen LogP contribution in [0.25, 0.3) is 11.3 Å². The normalized spacial score (nSPS) is 15.6. The fraction of sp³-hybridized carbons (Fsp3) is 0.476. The van der Waals surface area contributed by atoms with E-state index in [0.717, 1.165) is 12.8 Å². The van der Waals surface area contributed by atoms with Crippen LogP contribution in [0.4, 0.5) is 9.18 Å². The van der Waals surface area contributed by atoms with Crippen molar-refractivity contribution < 1.29 is 23.1 Å². The molecule has 0 unspecified atom stereocenters. The second-order valence-electron chi connectivity index (χ2n) is 7.84. The van der Waals surface area contributed by atoms with Gasteiger partial charge in [-0.05, 0) is 69.9 Å². The minimum atomic E-state index is -0.490. The van der Waals surface area contributed by atoms with Crippen molar-refractivity contribution in [3.05, 3.63) is 42.4 Å². The van der Waals surface area contributed by atoms with Crippen LogP contribution >= 0.6 is 0 Å². The first-order chi connectivity index (χ1) is 12.8. The number of benzene rings is 1. The summed E-state index contributed by atoms with van der Waals surface area (Å²) in [5.74, 6) is 0.734. The number of carbonyl (C=O) groups excluding carboxylic acids is 1. The maximum atomic E-state index is 14.3. The number of halogens is 1. The molecule has 0 spiro atoms. The van der Waals surface area contributed by atoms with Crippen LogP contribution in [0.15, 0.2) is 41.0 Å². The summed E-state index contributed by atoms with van der Waals surface area (Å²) in [6, 6.07) is 8.37. The van der Waals surface area contributed by atoms with Gasteiger partial charge in [0.2, 0.25) is 0 Å². The quantitative estimate of drug-likeness (QED) is 0.745. The van der Waals surface area contributed by atoms with Crippen LogP contribution in [0, 0.1) is 11.7 Å². The van der Waals surface area contributed by atoms with Gasteiger partial charge in [-0.2, -0.15) is 0 Å². The van der Waals surface area contributed by atoms with Crippen molar-refractivity contribution >= 4 is 6.09 Å². The zero-order valence-corrected chi connectivity index (χ0v) is 16.0. The minimum absolute atomic E-state index is 0.236. The minimum Gasteiger partial charge on any atom is -0.490 e. The number of hydrogen-bond acceptors (Lipinski definition) is 4. The van der Waals surface area contributed by atoms with Crippen molar-refractivity contribution in [3.8, 4) is 17.1 Å². The predicted molar refractivity (Wildman–Crippen MR) is 100 cm³/mol. The Morgan fingerprint density at radius 3 is 2.59 bits per heavy atom. The number of furan rings is 1. The summed E-state index contributed by atoms with van der Waals surface area (Å²) in [6.45, 7) is 7.26. The number of nitrogens with zero attached hydrogens (tertiary/aromatic N) is 1. The van der Waals surface area contributed by atoms with Crippen LogP contribution in [0.3, 0.4) is 0 Å². The third-order valence-corrected chi connectivity index (χ3v) is 4.48. The van der Waals surface area contributed by atoms with Crippen LogP contribution in [-0.4, -0.2) is 36.3 Å². The van der Waals surface area contributed by atoms with Crippen LogP contribution in [0.5, 0.6) is 5.75 Å². The summed E-state index contributed by atoms with van der Waals surface area (Å²) in [5.41, 5.74) is 0.187. The highest BCUT2D eigenvalue weighted by atomic mass is 19.1. The van der Waals surface area contributed by atoms with Gasteiger partial charge >= 0.3 is 6.09 Å². The lowest BCUT2D eigenvalue weighted by Crippen LogP contribution is -2.42. The molecular formula is C21H26FNO4. The summed E-state index contributed by atoms with van der Waals surface area (Å²) in [4.78, 5) is 13.8. The van der Waals surface area contributed by atoms with E-state index in [1.165, 1.54) is 6.07 Å². The first-order valence-corrected chi connectivity index (χ1v) is 9.26. The van der Waals surface area contributed by atoms with Crippen molar-refractivity contribution in [1.82, 2.24) is 4.90 Å². The zero-order chi connectivity index (χ0) is 19.4. The molecule has 2 heterocycles. The van der Waals surface area contributed by atoms with Crippen molar-refractivity contribution in [2.24, 2.45) is 5.92 Å². The Morgan fingerprint density at radius 2 is 2.00 bits per heavy atom. The second kappa shape index (κ2) is 8.03. The Morgan fingerprint density at radius 1 is 1.26 bits per heavy atom. The molecule has 1 amide bonds. The Kier molecular flexibility index (Phi) is 5.73. The molecule has 0 saturated carbocycles. The second-order valence-corrected chi connectivity index (χ2v) is 7.84. The Bertz CT molecular complexity index is 759. The number of amides is 1. The number of ether oxygens (including phenoxy) is 2. The average Bonchev–Trinajstić information content (AvgIpc) is 3.14. The molecule has 1 aliphatic heterocycles. The van der Waals surface area contributed by atoms with Crippen molar-refractivity contribution in [3.63, 3.8) is 0 Å². The summed E-state index contributed by atoms with van der Waals surface area (Å²) >= 11 is 0. The fourth-order valence-corrected chi connectivity index (χ4v) is 3.03. The van der Waals surface area contributed by atoms with Crippen molar-refractivity contribution in [2.45, 2.75) is 39.2 Å². The van der Waals surface area contributed by atoms with E-state index in [2.05, 4.69) is 0 Å². The summed E-state index contributed by atoms with van der Waals surface area (Å²) < 4.78 is 30.6. The molecule has 1 aliphatic rings. The monoisotopic (exact) mass is 375 g/mol. The number of carbonyl (C=O) groups is 1. The molecule has 1 aromatic heterocycles. The largest absolute Gasteiger partial charge is 0.490 e. The molecule has 2 aromatic rings. The van der Waals surface area contributed by atoms with Gasteiger partial charge in [0.1, 0.15) is 11.4 Å². The SMILES string of the molecule is CC(C)(C)OC(=O)N1CCC(COc2ccc(-c3ccco3)cc2F)CC1. The van der Waals surface area contributed by atoms with Gasteiger partial charge in [-0.3, -0.25) is 0 Å². The van der Waals surface area contributed by atoms with Crippen LogP contribution < -0.4 is 4.74 Å². The smallest absolute Gasteiger partial charge is 0.410 e. The van der Waals surface area contributed by atoms with E-state index in [-0.39, 0.29) is 17.8 Å². The van der Waals surface area contributed by atoms with E-state index in [4.69, 9.17) is 13.9 Å². The maximum absolute atomic E-state index is 14.3. The number of piperidine rings is 1. The first-order valence-electron chi connectivity index (χ1n) is 9.26. The first kappa shape index (κ1) is 19.3. The van der Waals surface area contributed by atoms with Gasteiger partial charge in [0.15, 0.2) is 11.6 Å². The van der Waals surface area contributed by atoms with E-state index >= 15 is 0 Å². The average molecular weight is 375 g/mol. The lowest BCUT2D eigenvalue weighted by molar-refractivity contribution is 0.0164. The van der Waals surface area contributed by atoms with Gasteiger partial charge in [-0.15, -0.1) is 0 Å². The number of rotatable bonds is 4. The number of likely N-dealkylation sites (tertiary alicyclic amines) is 1. The molecule has 6 heteroatoms. The van der Waals surface area contributed by atoms with E-state index in [9.17, 15) is 9.18 Å². The molecule has 1 saturated heterocycles. The molecule has 146 valence electrons. The highest BCUT2D eigenvalue weighted by molar-refractivity contribution is 5.68. The molecular weight excluding hydrogens is 349 g/mol. The molecule has 5 nitrogen and oxygen atoms in total. The lowest BCUT2D eigenvalue weighted by atomic mass is 9.98. The summed E-state index contributed by atoms with van der Waals surface area (Å²) in [5, 5.41) is 0. The number of hydrogen-bond donors (Lipinski definition) is 0. The van der Waals surface area contributed by atoms with Crippen LogP contribution in [0.2, 0.25) is 0 Å². The van der Waals surface area contributed by atoms with Crippen molar-refractivity contribution in [1.29, 1.82) is 0 Å². The topological polar surface area (TPSA) is 51.9 Å². The van der Waals surface area contributed by atoms with Gasteiger partial charge in [0, 0.05) is 18.7 Å². The molecule has 0 bridgehead atoms. The van der Waals surface area contributed by atoms with Crippen LogP contribution in [0.1, 0.15) is 33.6 Å². The fourth-order valence-electron chi connectivity index (χ4n) is 3.03. The third kappa shape index (κ3) is 5.25.